The number of rotatable bonds is 11. The molecule has 18 heteroatoms. The maximum Gasteiger partial charge on any atom is 0.423 e. The molecule has 10 nitrogen and oxygen atoms in total. The summed E-state index contributed by atoms with van der Waals surface area (Å²) in [6.07, 6.45) is -5.25. The normalized spacial score (nSPS) is 12.8. The molecule has 0 spiro atoms. The topological polar surface area (TPSA) is 141 Å². The fourth-order valence-corrected chi connectivity index (χ4v) is 4.26. The molecule has 0 aliphatic rings. The molecular formula is C25H21F8N7O3. The molecule has 0 fully saturated rings. The summed E-state index contributed by atoms with van der Waals surface area (Å²) < 4.78 is 112. The summed E-state index contributed by atoms with van der Waals surface area (Å²) in [7, 11) is 0. The van der Waals surface area contributed by atoms with Crippen LogP contribution in [0.2, 0.25) is 0 Å². The SMILES string of the molecule is Nc1nc(-c2cc3ccn(CCC[C@H](COC(F)F)Nc4cn[nH]c(=O)c4C(F)(F)F)c(=O)c3cc2F)ncc1C(F)F. The number of anilines is 2. The van der Waals surface area contributed by atoms with Crippen molar-refractivity contribution >= 4 is 22.3 Å². The molecule has 230 valence electrons. The molecule has 0 saturated heterocycles. The van der Waals surface area contributed by atoms with E-state index in [1.807, 2.05) is 0 Å². The maximum absolute atomic E-state index is 15.0. The van der Waals surface area contributed by atoms with Gasteiger partial charge >= 0.3 is 12.8 Å². The number of pyridine rings is 1. The number of alkyl halides is 7. The Hall–Kier alpha value is -4.61. The third-order valence-corrected chi connectivity index (χ3v) is 6.26. The van der Waals surface area contributed by atoms with Crippen molar-refractivity contribution in [2.75, 3.05) is 17.7 Å². The number of ether oxygens (including phenoxy) is 1. The van der Waals surface area contributed by atoms with Crippen LogP contribution in [0.1, 0.15) is 30.4 Å². The van der Waals surface area contributed by atoms with Gasteiger partial charge in [0.1, 0.15) is 17.2 Å². The lowest BCUT2D eigenvalue weighted by molar-refractivity contribution is -0.138. The van der Waals surface area contributed by atoms with Crippen molar-refractivity contribution < 1.29 is 39.9 Å². The van der Waals surface area contributed by atoms with Crippen molar-refractivity contribution in [1.29, 1.82) is 0 Å². The van der Waals surface area contributed by atoms with Gasteiger partial charge in [0, 0.05) is 25.0 Å². The number of nitrogens with zero attached hydrogens (tertiary/aromatic N) is 4. The van der Waals surface area contributed by atoms with E-state index in [2.05, 4.69) is 25.1 Å². The molecule has 0 saturated carbocycles. The number of benzene rings is 1. The van der Waals surface area contributed by atoms with Crippen molar-refractivity contribution in [3.63, 3.8) is 0 Å². The number of nitrogen functional groups attached to an aromatic ring is 1. The van der Waals surface area contributed by atoms with Gasteiger partial charge in [0.25, 0.3) is 17.5 Å². The quantitative estimate of drug-likeness (QED) is 0.205. The molecule has 4 N–H and O–H groups in total. The van der Waals surface area contributed by atoms with Crippen LogP contribution in [0.25, 0.3) is 22.2 Å². The lowest BCUT2D eigenvalue weighted by Crippen LogP contribution is -2.32. The summed E-state index contributed by atoms with van der Waals surface area (Å²) in [6.45, 7) is -4.03. The van der Waals surface area contributed by atoms with Crippen LogP contribution in [0.5, 0.6) is 0 Å². The van der Waals surface area contributed by atoms with E-state index in [9.17, 15) is 44.7 Å². The average Bonchev–Trinajstić information content (AvgIpc) is 2.92. The summed E-state index contributed by atoms with van der Waals surface area (Å²) in [6, 6.07) is 2.44. The molecule has 0 amide bonds. The third kappa shape index (κ3) is 7.25. The van der Waals surface area contributed by atoms with E-state index >= 15 is 0 Å². The number of halogens is 8. The monoisotopic (exact) mass is 619 g/mol. The first-order chi connectivity index (χ1) is 20.3. The Morgan fingerprint density at radius 1 is 1.12 bits per heavy atom. The highest BCUT2D eigenvalue weighted by atomic mass is 19.4. The highest BCUT2D eigenvalue weighted by molar-refractivity contribution is 5.86. The number of aromatic amines is 1. The van der Waals surface area contributed by atoms with Crippen LogP contribution in [0.3, 0.4) is 0 Å². The van der Waals surface area contributed by atoms with Gasteiger partial charge in [0.15, 0.2) is 5.82 Å². The summed E-state index contributed by atoms with van der Waals surface area (Å²) in [5.74, 6) is -1.75. The Kier molecular flexibility index (Phi) is 9.27. The van der Waals surface area contributed by atoms with Crippen molar-refractivity contribution in [1.82, 2.24) is 24.7 Å². The number of H-pyrrole nitrogens is 1. The number of nitrogens with two attached hydrogens (primary N) is 1. The molecule has 43 heavy (non-hydrogen) atoms. The summed E-state index contributed by atoms with van der Waals surface area (Å²) in [4.78, 5) is 32.2. The zero-order valence-corrected chi connectivity index (χ0v) is 21.6. The number of hydrogen-bond acceptors (Lipinski definition) is 8. The van der Waals surface area contributed by atoms with Gasteiger partial charge in [-0.2, -0.15) is 27.1 Å². The fraction of sp³-hybridized carbons (Fsp3) is 0.320. The molecule has 3 aromatic heterocycles. The largest absolute Gasteiger partial charge is 0.423 e. The summed E-state index contributed by atoms with van der Waals surface area (Å²) in [5, 5.41) is 7.52. The van der Waals surface area contributed by atoms with E-state index in [1.54, 1.807) is 5.10 Å². The van der Waals surface area contributed by atoms with E-state index in [4.69, 9.17) is 5.73 Å². The van der Waals surface area contributed by atoms with E-state index in [0.717, 1.165) is 12.3 Å². The predicted octanol–water partition coefficient (Wildman–Crippen LogP) is 4.72. The van der Waals surface area contributed by atoms with E-state index in [-0.39, 0.29) is 41.5 Å². The predicted molar refractivity (Wildman–Crippen MR) is 137 cm³/mol. The average molecular weight is 619 g/mol. The third-order valence-electron chi connectivity index (χ3n) is 6.26. The Morgan fingerprint density at radius 3 is 2.51 bits per heavy atom. The summed E-state index contributed by atoms with van der Waals surface area (Å²) in [5.41, 5.74) is 0.161. The molecular weight excluding hydrogens is 598 g/mol. The molecule has 4 aromatic rings. The Morgan fingerprint density at radius 2 is 1.86 bits per heavy atom. The Balaban J connectivity index is 1.54. The van der Waals surface area contributed by atoms with Crippen molar-refractivity contribution in [3.05, 3.63) is 74.4 Å². The van der Waals surface area contributed by atoms with Crippen molar-refractivity contribution in [2.45, 2.75) is 44.6 Å². The highest BCUT2D eigenvalue weighted by Gasteiger charge is 2.37. The second kappa shape index (κ2) is 12.7. The van der Waals surface area contributed by atoms with Gasteiger partial charge in [-0.05, 0) is 36.4 Å². The molecule has 0 radical (unpaired) electrons. The van der Waals surface area contributed by atoms with E-state index in [0.29, 0.717) is 6.20 Å². The number of fused-ring (bicyclic) bond motifs is 1. The van der Waals surface area contributed by atoms with Gasteiger partial charge in [-0.3, -0.25) is 9.59 Å². The van der Waals surface area contributed by atoms with Crippen LogP contribution < -0.4 is 22.2 Å². The number of hydrogen-bond donors (Lipinski definition) is 3. The minimum absolute atomic E-state index is 0.0534. The van der Waals surface area contributed by atoms with Crippen LogP contribution in [0, 0.1) is 5.82 Å². The molecule has 4 rings (SSSR count). The van der Waals surface area contributed by atoms with Crippen molar-refractivity contribution in [3.8, 4) is 11.4 Å². The van der Waals surface area contributed by atoms with Crippen LogP contribution >= 0.6 is 0 Å². The van der Waals surface area contributed by atoms with E-state index < -0.39 is 71.4 Å². The minimum Gasteiger partial charge on any atom is -0.383 e. The lowest BCUT2D eigenvalue weighted by Gasteiger charge is -2.22. The molecule has 0 unspecified atom stereocenters. The zero-order valence-electron chi connectivity index (χ0n) is 21.6. The van der Waals surface area contributed by atoms with Crippen LogP contribution in [0.15, 0.2) is 46.4 Å². The summed E-state index contributed by atoms with van der Waals surface area (Å²) >= 11 is 0. The lowest BCUT2D eigenvalue weighted by atomic mass is 10.1. The fourth-order valence-electron chi connectivity index (χ4n) is 4.26. The van der Waals surface area contributed by atoms with Gasteiger partial charge in [-0.1, -0.05) is 0 Å². The standard InChI is InChI=1S/C25H21F8N7O3/c26-16-7-13-11(6-14(16)21-35-8-15(19(27)28)20(34)38-21)3-5-40(23(13)42)4-1-2-12(10-43-24(29)30)37-17-9-36-39-22(41)18(17)25(31,32)33/h3,5-9,12,19,24H,1-2,4,10H2,(H2,34,35,38)(H2,37,39,41)/t12-/m1/s1. The van der Waals surface area contributed by atoms with Gasteiger partial charge in [-0.25, -0.2) is 28.2 Å². The van der Waals surface area contributed by atoms with Crippen molar-refractivity contribution in [2.24, 2.45) is 0 Å². The van der Waals surface area contributed by atoms with E-state index in [1.165, 1.54) is 22.9 Å². The van der Waals surface area contributed by atoms with Gasteiger partial charge in [-0.15, -0.1) is 0 Å². The second-order valence-corrected chi connectivity index (χ2v) is 9.13. The van der Waals surface area contributed by atoms with Gasteiger partial charge in [0.2, 0.25) is 0 Å². The highest BCUT2D eigenvalue weighted by Crippen LogP contribution is 2.32. The second-order valence-electron chi connectivity index (χ2n) is 9.13. The smallest absolute Gasteiger partial charge is 0.383 e. The maximum atomic E-state index is 15.0. The van der Waals surface area contributed by atoms with Gasteiger partial charge < -0.3 is 20.4 Å². The molecule has 1 aromatic carbocycles. The number of aromatic nitrogens is 5. The number of aryl methyl sites for hydroxylation is 1. The molecule has 1 atom stereocenters. The molecule has 0 aliphatic heterocycles. The molecule has 0 aliphatic carbocycles. The van der Waals surface area contributed by atoms with Gasteiger partial charge in [0.05, 0.1) is 35.0 Å². The Bertz CT molecular complexity index is 1730. The number of nitrogens with one attached hydrogen (secondary N) is 2. The molecule has 3 heterocycles. The first-order valence-electron chi connectivity index (χ1n) is 12.3. The zero-order chi connectivity index (χ0) is 31.5. The van der Waals surface area contributed by atoms with Crippen LogP contribution in [-0.4, -0.2) is 44.0 Å². The van der Waals surface area contributed by atoms with Crippen LogP contribution in [-0.2, 0) is 17.5 Å². The first kappa shape index (κ1) is 31.3. The van der Waals surface area contributed by atoms with Crippen LogP contribution in [0.4, 0.5) is 46.6 Å². The Labute approximate surface area is 235 Å². The molecule has 0 bridgehead atoms. The minimum atomic E-state index is -5.07. The first-order valence-corrected chi connectivity index (χ1v) is 12.3.